The van der Waals surface area contributed by atoms with Gasteiger partial charge < -0.3 is 15.4 Å². The van der Waals surface area contributed by atoms with Crippen LogP contribution in [0.1, 0.15) is 30.4 Å². The fraction of sp³-hybridized carbons (Fsp3) is 0.261. The van der Waals surface area contributed by atoms with Crippen LogP contribution in [-0.2, 0) is 16.0 Å². The van der Waals surface area contributed by atoms with Crippen molar-refractivity contribution in [3.05, 3.63) is 59.0 Å². The molecule has 2 heterocycles. The van der Waals surface area contributed by atoms with Gasteiger partial charge in [0, 0.05) is 29.5 Å². The number of fused-ring (bicyclic) bond motifs is 1. The van der Waals surface area contributed by atoms with Crippen molar-refractivity contribution in [2.45, 2.75) is 32.6 Å². The third kappa shape index (κ3) is 4.86. The van der Waals surface area contributed by atoms with Crippen LogP contribution in [0.25, 0.3) is 11.3 Å². The lowest BCUT2D eigenvalue weighted by Crippen LogP contribution is -2.18. The standard InChI is InChI=1S/C23H23N3O3S/c1-15-5-2-3-6-18(15)20-14-30-23(25-20)26-21(27)7-4-12-29-17-9-10-19-16(13-17)8-11-22(28)24-19/h2-3,5-6,9-10,13-14H,4,7-8,11-12H2,1H3,(H,24,28)(H,25,26,27). The van der Waals surface area contributed by atoms with Gasteiger partial charge in [0.15, 0.2) is 5.13 Å². The van der Waals surface area contributed by atoms with Crippen LogP contribution >= 0.6 is 11.3 Å². The second-order valence-electron chi connectivity index (χ2n) is 7.22. The van der Waals surface area contributed by atoms with E-state index in [2.05, 4.69) is 15.6 Å². The summed E-state index contributed by atoms with van der Waals surface area (Å²) in [6, 6.07) is 13.7. The molecule has 154 valence electrons. The molecule has 0 spiro atoms. The minimum atomic E-state index is -0.0718. The van der Waals surface area contributed by atoms with Gasteiger partial charge in [0.25, 0.3) is 0 Å². The van der Waals surface area contributed by atoms with Gasteiger partial charge in [-0.1, -0.05) is 24.3 Å². The maximum atomic E-state index is 12.2. The van der Waals surface area contributed by atoms with E-state index in [1.54, 1.807) is 0 Å². The summed E-state index contributed by atoms with van der Waals surface area (Å²) >= 11 is 1.43. The summed E-state index contributed by atoms with van der Waals surface area (Å²) in [6.45, 7) is 2.50. The second kappa shape index (κ2) is 9.09. The molecular formula is C23H23N3O3S. The van der Waals surface area contributed by atoms with Crippen molar-refractivity contribution in [2.24, 2.45) is 0 Å². The number of carbonyl (C=O) groups is 2. The molecule has 0 atom stereocenters. The number of amides is 2. The van der Waals surface area contributed by atoms with Gasteiger partial charge >= 0.3 is 0 Å². The molecule has 1 aliphatic rings. The SMILES string of the molecule is Cc1ccccc1-c1csc(NC(=O)CCCOc2ccc3c(c2)CCC(=O)N3)n1. The highest BCUT2D eigenvalue weighted by atomic mass is 32.1. The average Bonchev–Trinajstić information content (AvgIpc) is 3.19. The fourth-order valence-corrected chi connectivity index (χ4v) is 4.10. The predicted molar refractivity (Wildman–Crippen MR) is 119 cm³/mol. The Hall–Kier alpha value is -3.19. The number of anilines is 2. The molecule has 0 aliphatic carbocycles. The number of aromatic nitrogens is 1. The van der Waals surface area contributed by atoms with E-state index in [0.717, 1.165) is 40.2 Å². The molecule has 3 aromatic rings. The highest BCUT2D eigenvalue weighted by Gasteiger charge is 2.15. The van der Waals surface area contributed by atoms with E-state index in [0.29, 0.717) is 31.0 Å². The summed E-state index contributed by atoms with van der Waals surface area (Å²) in [5, 5.41) is 8.29. The summed E-state index contributed by atoms with van der Waals surface area (Å²) < 4.78 is 5.77. The number of thiazole rings is 1. The highest BCUT2D eigenvalue weighted by molar-refractivity contribution is 7.14. The van der Waals surface area contributed by atoms with Crippen molar-refractivity contribution in [1.82, 2.24) is 4.98 Å². The van der Waals surface area contributed by atoms with Crippen molar-refractivity contribution < 1.29 is 14.3 Å². The van der Waals surface area contributed by atoms with Crippen LogP contribution in [0.2, 0.25) is 0 Å². The number of benzene rings is 2. The number of nitrogens with zero attached hydrogens (tertiary/aromatic N) is 1. The molecule has 0 unspecified atom stereocenters. The van der Waals surface area contributed by atoms with Gasteiger partial charge in [-0.2, -0.15) is 0 Å². The molecule has 0 radical (unpaired) electrons. The van der Waals surface area contributed by atoms with Crippen molar-refractivity contribution in [1.29, 1.82) is 0 Å². The number of hydrogen-bond donors (Lipinski definition) is 2. The molecule has 6 nitrogen and oxygen atoms in total. The van der Waals surface area contributed by atoms with Crippen LogP contribution in [0.5, 0.6) is 5.75 Å². The molecule has 0 bridgehead atoms. The maximum absolute atomic E-state index is 12.2. The third-order valence-corrected chi connectivity index (χ3v) is 5.72. The Morgan fingerprint density at radius 3 is 2.97 bits per heavy atom. The number of ether oxygens (including phenoxy) is 1. The van der Waals surface area contributed by atoms with Crippen molar-refractivity contribution >= 4 is 34.0 Å². The van der Waals surface area contributed by atoms with E-state index in [1.165, 1.54) is 11.3 Å². The number of nitrogens with one attached hydrogen (secondary N) is 2. The van der Waals surface area contributed by atoms with Gasteiger partial charge in [-0.15, -0.1) is 11.3 Å². The van der Waals surface area contributed by atoms with E-state index in [4.69, 9.17) is 4.74 Å². The third-order valence-electron chi connectivity index (χ3n) is 4.96. The summed E-state index contributed by atoms with van der Waals surface area (Å²) in [5.74, 6) is 0.735. The number of carbonyl (C=O) groups excluding carboxylic acids is 2. The van der Waals surface area contributed by atoms with E-state index < -0.39 is 0 Å². The smallest absolute Gasteiger partial charge is 0.226 e. The van der Waals surface area contributed by atoms with Gasteiger partial charge in [-0.05, 0) is 49.1 Å². The van der Waals surface area contributed by atoms with Crippen LogP contribution in [0.15, 0.2) is 47.8 Å². The second-order valence-corrected chi connectivity index (χ2v) is 8.08. The zero-order valence-electron chi connectivity index (χ0n) is 16.7. The fourth-order valence-electron chi connectivity index (χ4n) is 3.37. The lowest BCUT2D eigenvalue weighted by atomic mass is 10.0. The summed E-state index contributed by atoms with van der Waals surface area (Å²) in [4.78, 5) is 28.2. The molecule has 2 aromatic carbocycles. The van der Waals surface area contributed by atoms with Crippen molar-refractivity contribution in [3.8, 4) is 17.0 Å². The molecule has 0 fully saturated rings. The summed E-state index contributed by atoms with van der Waals surface area (Å²) in [5.41, 5.74) is 5.04. The number of rotatable bonds is 7. The molecule has 4 rings (SSSR count). The predicted octanol–water partition coefficient (Wildman–Crippen LogP) is 4.80. The molecule has 2 amide bonds. The minimum Gasteiger partial charge on any atom is -0.494 e. The Kier molecular flexibility index (Phi) is 6.09. The van der Waals surface area contributed by atoms with Gasteiger partial charge in [-0.25, -0.2) is 4.98 Å². The molecular weight excluding hydrogens is 398 g/mol. The van der Waals surface area contributed by atoms with Gasteiger partial charge in [0.05, 0.1) is 12.3 Å². The first kappa shape index (κ1) is 20.1. The normalized spacial score (nSPS) is 12.8. The molecule has 1 aliphatic heterocycles. The van der Waals surface area contributed by atoms with Crippen LogP contribution in [0, 0.1) is 6.92 Å². The van der Waals surface area contributed by atoms with Crippen LogP contribution in [0.3, 0.4) is 0 Å². The molecule has 30 heavy (non-hydrogen) atoms. The van der Waals surface area contributed by atoms with Crippen LogP contribution in [0.4, 0.5) is 10.8 Å². The highest BCUT2D eigenvalue weighted by Crippen LogP contribution is 2.28. The van der Waals surface area contributed by atoms with Crippen LogP contribution in [-0.4, -0.2) is 23.4 Å². The quantitative estimate of drug-likeness (QED) is 0.537. The first-order valence-electron chi connectivity index (χ1n) is 9.95. The van der Waals surface area contributed by atoms with E-state index in [9.17, 15) is 9.59 Å². The van der Waals surface area contributed by atoms with E-state index >= 15 is 0 Å². The summed E-state index contributed by atoms with van der Waals surface area (Å²) in [7, 11) is 0. The first-order valence-corrected chi connectivity index (χ1v) is 10.8. The first-order chi connectivity index (χ1) is 14.6. The Balaban J connectivity index is 1.23. The largest absolute Gasteiger partial charge is 0.494 e. The molecule has 7 heteroatoms. The van der Waals surface area contributed by atoms with E-state index in [1.807, 2.05) is 54.8 Å². The van der Waals surface area contributed by atoms with Gasteiger partial charge in [0.1, 0.15) is 5.75 Å². The number of aryl methyl sites for hydroxylation is 2. The molecule has 0 saturated heterocycles. The van der Waals surface area contributed by atoms with E-state index in [-0.39, 0.29) is 11.8 Å². The average molecular weight is 422 g/mol. The Morgan fingerprint density at radius 1 is 1.23 bits per heavy atom. The zero-order chi connectivity index (χ0) is 20.9. The van der Waals surface area contributed by atoms with Crippen molar-refractivity contribution in [2.75, 3.05) is 17.2 Å². The minimum absolute atomic E-state index is 0.0495. The topological polar surface area (TPSA) is 80.3 Å². The number of hydrogen-bond acceptors (Lipinski definition) is 5. The Morgan fingerprint density at radius 2 is 2.10 bits per heavy atom. The van der Waals surface area contributed by atoms with Crippen molar-refractivity contribution in [3.63, 3.8) is 0 Å². The van der Waals surface area contributed by atoms with Gasteiger partial charge in [-0.3, -0.25) is 9.59 Å². The Labute approximate surface area is 179 Å². The van der Waals surface area contributed by atoms with Crippen LogP contribution < -0.4 is 15.4 Å². The molecule has 0 saturated carbocycles. The maximum Gasteiger partial charge on any atom is 0.226 e. The lowest BCUT2D eigenvalue weighted by Gasteiger charge is -2.17. The monoisotopic (exact) mass is 421 g/mol. The summed E-state index contributed by atoms with van der Waals surface area (Å²) in [6.07, 6.45) is 2.19. The zero-order valence-corrected chi connectivity index (χ0v) is 17.6. The molecule has 2 N–H and O–H groups in total. The van der Waals surface area contributed by atoms with Gasteiger partial charge in [0.2, 0.25) is 11.8 Å². The lowest BCUT2D eigenvalue weighted by molar-refractivity contribution is -0.117. The molecule has 1 aromatic heterocycles. The Bertz CT molecular complexity index is 1080.